The van der Waals surface area contributed by atoms with E-state index in [1.807, 2.05) is 0 Å². The fourth-order valence-corrected chi connectivity index (χ4v) is 1.44. The maximum Gasteiger partial charge on any atom is 0.416 e. The summed E-state index contributed by atoms with van der Waals surface area (Å²) in [5.41, 5.74) is -0.604. The Bertz CT molecular complexity index is 491. The van der Waals surface area contributed by atoms with E-state index in [-0.39, 0.29) is 6.54 Å². The van der Waals surface area contributed by atoms with Crippen molar-refractivity contribution < 1.29 is 13.4 Å². The number of nitrogens with zero attached hydrogens (tertiary/aromatic N) is 2. The van der Waals surface area contributed by atoms with Crippen LogP contribution in [0.15, 0.2) is 18.3 Å². The van der Waals surface area contributed by atoms with E-state index in [1.165, 1.54) is 11.1 Å². The molecule has 0 N–H and O–H groups in total. The smallest absolute Gasteiger partial charge is 0.416 e. The molecule has 1 rings (SSSR count). The molecule has 0 fully saturated rings. The molecule has 5 nitrogen and oxygen atoms in total. The Balaban J connectivity index is 2.99. The van der Waals surface area contributed by atoms with E-state index in [1.54, 1.807) is 32.9 Å². The van der Waals surface area contributed by atoms with Gasteiger partial charge in [-0.3, -0.25) is 0 Å². The quantitative estimate of drug-likeness (QED) is 0.801. The number of hydrogen-bond donors (Lipinski definition) is 0. The minimum atomic E-state index is -0.604. The lowest BCUT2D eigenvalue weighted by Crippen LogP contribution is -2.37. The summed E-state index contributed by atoms with van der Waals surface area (Å²) in [6.07, 6.45) is 6.23. The highest BCUT2D eigenvalue weighted by atomic mass is 79.9. The monoisotopic (exact) mass is 326 g/mol. The number of amides is 1. The molecule has 1 amide bonds. The van der Waals surface area contributed by atoms with Gasteiger partial charge in [0.1, 0.15) is 17.2 Å². The summed E-state index contributed by atoms with van der Waals surface area (Å²) < 4.78 is 10.2. The van der Waals surface area contributed by atoms with Crippen molar-refractivity contribution in [2.45, 2.75) is 26.4 Å². The van der Waals surface area contributed by atoms with Gasteiger partial charge < -0.3 is 8.57 Å². The summed E-state index contributed by atoms with van der Waals surface area (Å²) in [7, 11) is 0. The second-order valence-electron chi connectivity index (χ2n) is 4.70. The highest BCUT2D eigenvalue weighted by molar-refractivity contribution is 9.06. The van der Waals surface area contributed by atoms with Gasteiger partial charge in [-0.25, -0.2) is 14.7 Å². The summed E-state index contributed by atoms with van der Waals surface area (Å²) in [6.45, 7) is 5.41. The van der Waals surface area contributed by atoms with Crippen LogP contribution in [0.5, 0.6) is 5.75 Å². The SMILES string of the molecule is C#CCN(C(=O)OC(C)(C)C)c1cc(OBr)ccn1. The number of terminal acetylenes is 1. The van der Waals surface area contributed by atoms with Crippen molar-refractivity contribution in [3.05, 3.63) is 18.3 Å². The van der Waals surface area contributed by atoms with Gasteiger partial charge in [-0.15, -0.1) is 6.42 Å². The molecule has 0 aromatic carbocycles. The third-order valence-corrected chi connectivity index (χ3v) is 2.32. The van der Waals surface area contributed by atoms with Crippen molar-refractivity contribution in [3.8, 4) is 18.1 Å². The normalized spacial score (nSPS) is 10.5. The molecule has 0 unspecified atom stereocenters. The summed E-state index contributed by atoms with van der Waals surface area (Å²) in [5, 5.41) is 0. The molecule has 19 heavy (non-hydrogen) atoms. The van der Waals surface area contributed by atoms with Crippen molar-refractivity contribution in [1.82, 2.24) is 4.98 Å². The predicted molar refractivity (Wildman–Crippen MR) is 76.2 cm³/mol. The van der Waals surface area contributed by atoms with Crippen LogP contribution in [0.4, 0.5) is 10.6 Å². The Morgan fingerprint density at radius 1 is 1.58 bits per heavy atom. The van der Waals surface area contributed by atoms with Gasteiger partial charge in [-0.2, -0.15) is 0 Å². The maximum atomic E-state index is 12.1. The number of aromatic nitrogens is 1. The molecule has 0 saturated heterocycles. The summed E-state index contributed by atoms with van der Waals surface area (Å²) in [5.74, 6) is 3.28. The number of halogens is 1. The molecule has 0 radical (unpaired) electrons. The zero-order valence-electron chi connectivity index (χ0n) is 11.0. The van der Waals surface area contributed by atoms with E-state index in [0.717, 1.165) is 0 Å². The molecule has 0 aliphatic carbocycles. The number of ether oxygens (including phenoxy) is 1. The van der Waals surface area contributed by atoms with E-state index in [9.17, 15) is 4.79 Å². The first-order valence-corrected chi connectivity index (χ1v) is 6.21. The average molecular weight is 327 g/mol. The van der Waals surface area contributed by atoms with Crippen molar-refractivity contribution in [1.29, 1.82) is 0 Å². The molecule has 1 heterocycles. The molecular formula is C13H15BrN2O3. The lowest BCUT2D eigenvalue weighted by molar-refractivity contribution is 0.0584. The van der Waals surface area contributed by atoms with Gasteiger partial charge in [-0.1, -0.05) is 5.92 Å². The summed E-state index contributed by atoms with van der Waals surface area (Å²) in [4.78, 5) is 17.4. The van der Waals surface area contributed by atoms with Gasteiger partial charge in [0.15, 0.2) is 16.3 Å². The first-order valence-electron chi connectivity index (χ1n) is 5.56. The standard InChI is InChI=1S/C13H15BrN2O3/c1-5-8-16(12(17)18-13(2,3)4)11-9-10(19-14)6-7-15-11/h1,6-7,9H,8H2,2-4H3. The first-order chi connectivity index (χ1) is 8.87. The van der Waals surface area contributed by atoms with Crippen LogP contribution in [0.25, 0.3) is 0 Å². The van der Waals surface area contributed by atoms with Crippen LogP contribution in [0.2, 0.25) is 0 Å². The Morgan fingerprint density at radius 2 is 2.26 bits per heavy atom. The number of pyridine rings is 1. The van der Waals surface area contributed by atoms with E-state index in [0.29, 0.717) is 11.6 Å². The molecule has 1 aromatic rings. The average Bonchev–Trinajstić information content (AvgIpc) is 2.33. The highest BCUT2D eigenvalue weighted by Gasteiger charge is 2.23. The minimum absolute atomic E-state index is 0.0631. The minimum Gasteiger partial charge on any atom is -0.443 e. The van der Waals surface area contributed by atoms with Crippen LogP contribution in [0, 0.1) is 12.3 Å². The topological polar surface area (TPSA) is 51.7 Å². The lowest BCUT2D eigenvalue weighted by atomic mass is 10.2. The molecule has 6 heteroatoms. The number of hydrogen-bond acceptors (Lipinski definition) is 4. The highest BCUT2D eigenvalue weighted by Crippen LogP contribution is 2.21. The third-order valence-electron chi connectivity index (χ3n) is 1.95. The zero-order valence-corrected chi connectivity index (χ0v) is 12.6. The molecule has 102 valence electrons. The van der Waals surface area contributed by atoms with E-state index in [4.69, 9.17) is 15.0 Å². The third kappa shape index (κ3) is 4.79. The number of carbonyl (C=O) groups excluding carboxylic acids is 1. The van der Waals surface area contributed by atoms with Gasteiger partial charge in [0.2, 0.25) is 0 Å². The Kier molecular flexibility index (Phi) is 5.19. The number of anilines is 1. The number of carbonyl (C=O) groups is 1. The van der Waals surface area contributed by atoms with Crippen molar-refractivity contribution >= 4 is 28.2 Å². The van der Waals surface area contributed by atoms with Gasteiger partial charge in [-0.05, 0) is 20.8 Å². The first kappa shape index (κ1) is 15.3. The second-order valence-corrected chi connectivity index (χ2v) is 5.02. The van der Waals surface area contributed by atoms with Crippen LogP contribution >= 0.6 is 16.3 Å². The van der Waals surface area contributed by atoms with Crippen molar-refractivity contribution in [2.24, 2.45) is 0 Å². The fourth-order valence-electron chi connectivity index (χ4n) is 1.24. The Hall–Kier alpha value is -1.74. The molecule has 0 aliphatic heterocycles. The van der Waals surface area contributed by atoms with Crippen molar-refractivity contribution in [2.75, 3.05) is 11.4 Å². The van der Waals surface area contributed by atoms with Crippen molar-refractivity contribution in [3.63, 3.8) is 0 Å². The Labute approximate surface area is 121 Å². The van der Waals surface area contributed by atoms with Gasteiger partial charge >= 0.3 is 6.09 Å². The van der Waals surface area contributed by atoms with Crippen LogP contribution in [-0.2, 0) is 4.74 Å². The fraction of sp³-hybridized carbons (Fsp3) is 0.385. The molecule has 0 saturated carbocycles. The maximum absolute atomic E-state index is 12.1. The van der Waals surface area contributed by atoms with E-state index >= 15 is 0 Å². The predicted octanol–water partition coefficient (Wildman–Crippen LogP) is 3.15. The largest absolute Gasteiger partial charge is 0.443 e. The summed E-state index contributed by atoms with van der Waals surface area (Å²) in [6, 6.07) is 3.22. The molecule has 0 bridgehead atoms. The van der Waals surface area contributed by atoms with Gasteiger partial charge in [0.25, 0.3) is 0 Å². The second kappa shape index (κ2) is 6.43. The van der Waals surface area contributed by atoms with Crippen LogP contribution in [0.3, 0.4) is 0 Å². The van der Waals surface area contributed by atoms with Gasteiger partial charge in [0, 0.05) is 18.3 Å². The van der Waals surface area contributed by atoms with Crippen LogP contribution in [0.1, 0.15) is 20.8 Å². The Morgan fingerprint density at radius 3 is 2.79 bits per heavy atom. The summed E-state index contributed by atoms with van der Waals surface area (Å²) >= 11 is 2.86. The molecule has 1 aromatic heterocycles. The van der Waals surface area contributed by atoms with Crippen LogP contribution in [-0.4, -0.2) is 23.2 Å². The molecule has 0 aliphatic rings. The zero-order chi connectivity index (χ0) is 14.5. The van der Waals surface area contributed by atoms with E-state index in [2.05, 4.69) is 27.2 Å². The van der Waals surface area contributed by atoms with Gasteiger partial charge in [0.05, 0.1) is 6.54 Å². The van der Waals surface area contributed by atoms with E-state index < -0.39 is 11.7 Å². The molecular weight excluding hydrogens is 312 g/mol. The molecule has 0 atom stereocenters. The lowest BCUT2D eigenvalue weighted by Gasteiger charge is -2.25. The number of rotatable bonds is 3. The molecule has 0 spiro atoms. The van der Waals surface area contributed by atoms with Crippen LogP contribution < -0.4 is 8.73 Å².